The van der Waals surface area contributed by atoms with Crippen LogP contribution >= 0.6 is 30.1 Å². The third-order valence-electron chi connectivity index (χ3n) is 0.430. The maximum absolute atomic E-state index is 10.3. The maximum Gasteiger partial charge on any atom is 0.296 e. The van der Waals surface area contributed by atoms with Crippen LogP contribution in [0.4, 0.5) is 0 Å². The monoisotopic (exact) mass is 241 g/mol. The summed E-state index contributed by atoms with van der Waals surface area (Å²) in [5.41, 5.74) is 0. The molecule has 0 fully saturated rings. The third kappa shape index (κ3) is 4.27. The lowest BCUT2D eigenvalue weighted by atomic mass is 10.6. The number of amides is 1. The molecule has 0 aromatic heterocycles. The summed E-state index contributed by atoms with van der Waals surface area (Å²) >= 11 is 2.00. The van der Waals surface area contributed by atoms with Gasteiger partial charge in [0.25, 0.3) is 5.91 Å². The van der Waals surface area contributed by atoms with E-state index in [1.54, 1.807) is 7.05 Å². The van der Waals surface area contributed by atoms with Crippen molar-refractivity contribution in [3.05, 3.63) is 0 Å². The second-order valence-electron chi connectivity index (χ2n) is 0.883. The molecule has 0 aliphatic heterocycles. The average Bonchev–Trinajstić information content (AvgIpc) is 1.83. The average molecular weight is 241 g/mol. The molecule has 0 saturated heterocycles. The first-order chi connectivity index (χ1) is 3.81. The van der Waals surface area contributed by atoms with E-state index in [9.17, 15) is 4.79 Å². The van der Waals surface area contributed by atoms with Crippen molar-refractivity contribution >= 4 is 36.0 Å². The molecule has 0 heterocycles. The Bertz CT molecular complexity index is 137. The summed E-state index contributed by atoms with van der Waals surface area (Å²) in [4.78, 5) is 10.3. The number of hydrogen-bond donors (Lipinski definition) is 1. The predicted octanol–water partition coefficient (Wildman–Crippen LogP) is 0.776. The van der Waals surface area contributed by atoms with Crippen LogP contribution in [0.2, 0.25) is 0 Å². The summed E-state index contributed by atoms with van der Waals surface area (Å²) in [7, 11) is 2.84. The zero-order valence-corrected chi connectivity index (χ0v) is 7.17. The molecule has 0 spiro atoms. The molecule has 0 radical (unpaired) electrons. The number of hydrogen-bond acceptors (Lipinski definition) is 2. The molecule has 0 aromatic carbocycles. The minimum Gasteiger partial charge on any atom is -0.348 e. The first-order valence-electron chi connectivity index (χ1n) is 1.81. The minimum absolute atomic E-state index is 0.242. The van der Waals surface area contributed by atoms with Crippen molar-refractivity contribution in [2.24, 2.45) is 0 Å². The van der Waals surface area contributed by atoms with Crippen LogP contribution in [-0.2, 0) is 4.79 Å². The van der Waals surface area contributed by atoms with E-state index in [4.69, 9.17) is 0 Å². The van der Waals surface area contributed by atoms with E-state index in [0.29, 0.717) is 0 Å². The highest BCUT2D eigenvalue weighted by Crippen LogP contribution is 2.05. The van der Waals surface area contributed by atoms with Gasteiger partial charge >= 0.3 is 0 Å². The quantitative estimate of drug-likeness (QED) is 0.501. The standard InChI is InChI=1S/C4H4INOS/c1-6-4(7)2-3-8-5/h1H3,(H,6,7). The van der Waals surface area contributed by atoms with Crippen molar-refractivity contribution in [2.45, 2.75) is 0 Å². The van der Waals surface area contributed by atoms with Crippen LogP contribution in [0.15, 0.2) is 0 Å². The largest absolute Gasteiger partial charge is 0.348 e. The number of halogens is 1. The molecule has 0 unspecified atom stereocenters. The van der Waals surface area contributed by atoms with Gasteiger partial charge in [-0.05, 0) is 14.2 Å². The molecule has 0 saturated carbocycles. The Balaban J connectivity index is 3.52. The Morgan fingerprint density at radius 1 is 1.88 bits per heavy atom. The van der Waals surface area contributed by atoms with Crippen molar-refractivity contribution in [1.82, 2.24) is 5.32 Å². The lowest BCUT2D eigenvalue weighted by Crippen LogP contribution is -2.14. The topological polar surface area (TPSA) is 29.1 Å². The van der Waals surface area contributed by atoms with Gasteiger partial charge in [0.15, 0.2) is 0 Å². The first-order valence-corrected chi connectivity index (χ1v) is 5.17. The molecule has 1 amide bonds. The van der Waals surface area contributed by atoms with E-state index >= 15 is 0 Å². The Labute approximate surface area is 64.4 Å². The summed E-state index contributed by atoms with van der Waals surface area (Å²) in [6.07, 6.45) is 0. The molecule has 0 rings (SSSR count). The van der Waals surface area contributed by atoms with E-state index in [0.717, 1.165) is 0 Å². The molecule has 44 valence electrons. The Morgan fingerprint density at radius 2 is 2.50 bits per heavy atom. The van der Waals surface area contributed by atoms with Crippen LogP contribution in [0.3, 0.4) is 0 Å². The summed E-state index contributed by atoms with van der Waals surface area (Å²) in [5.74, 6) is 2.10. The summed E-state index contributed by atoms with van der Waals surface area (Å²) in [6.45, 7) is 0. The molecule has 0 aromatic rings. The smallest absolute Gasteiger partial charge is 0.296 e. The number of rotatable bonds is 0. The third-order valence-corrected chi connectivity index (χ3v) is 1.27. The molecule has 1 N–H and O–H groups in total. The van der Waals surface area contributed by atoms with E-state index in [-0.39, 0.29) is 5.91 Å². The highest BCUT2D eigenvalue weighted by Gasteiger charge is 1.83. The van der Waals surface area contributed by atoms with Crippen LogP contribution < -0.4 is 5.32 Å². The van der Waals surface area contributed by atoms with Crippen molar-refractivity contribution in [3.63, 3.8) is 0 Å². The van der Waals surface area contributed by atoms with Gasteiger partial charge in [0.05, 0.1) is 0 Å². The molecular formula is C4H4INOS. The molecule has 0 aliphatic carbocycles. The van der Waals surface area contributed by atoms with Crippen LogP contribution in [0, 0.1) is 11.2 Å². The zero-order valence-electron chi connectivity index (χ0n) is 4.19. The second kappa shape index (κ2) is 5.25. The summed E-state index contributed by atoms with van der Waals surface area (Å²) in [5, 5.41) is 4.91. The highest BCUT2D eigenvalue weighted by atomic mass is 127. The van der Waals surface area contributed by atoms with E-state index in [2.05, 4.69) is 16.5 Å². The van der Waals surface area contributed by atoms with Crippen LogP contribution in [-0.4, -0.2) is 13.0 Å². The molecule has 0 atom stereocenters. The SMILES string of the molecule is CNC(=O)C#CSI. The molecule has 0 bridgehead atoms. The van der Waals surface area contributed by atoms with Gasteiger partial charge in [-0.2, -0.15) is 0 Å². The predicted molar refractivity (Wildman–Crippen MR) is 43.5 cm³/mol. The molecule has 0 aliphatic rings. The highest BCUT2D eigenvalue weighted by molar-refractivity contribution is 14.2. The molecule has 8 heavy (non-hydrogen) atoms. The van der Waals surface area contributed by atoms with Crippen LogP contribution in [0.5, 0.6) is 0 Å². The van der Waals surface area contributed by atoms with Crippen molar-refractivity contribution in [3.8, 4) is 11.2 Å². The molecule has 2 nitrogen and oxygen atoms in total. The fourth-order valence-electron chi connectivity index (χ4n) is 0.128. The minimum atomic E-state index is -0.242. The van der Waals surface area contributed by atoms with Crippen molar-refractivity contribution in [2.75, 3.05) is 7.05 Å². The van der Waals surface area contributed by atoms with Gasteiger partial charge in [0, 0.05) is 34.2 Å². The molecule has 4 heteroatoms. The van der Waals surface area contributed by atoms with Crippen LogP contribution in [0.25, 0.3) is 0 Å². The van der Waals surface area contributed by atoms with Gasteiger partial charge in [0.2, 0.25) is 0 Å². The number of carbonyl (C=O) groups excluding carboxylic acids is 1. The van der Waals surface area contributed by atoms with Gasteiger partial charge in [0.1, 0.15) is 0 Å². The van der Waals surface area contributed by atoms with Gasteiger partial charge in [-0.25, -0.2) is 0 Å². The van der Waals surface area contributed by atoms with E-state index in [1.807, 2.05) is 21.2 Å². The van der Waals surface area contributed by atoms with Gasteiger partial charge in [-0.1, -0.05) is 0 Å². The Morgan fingerprint density at radius 3 is 2.88 bits per heavy atom. The van der Waals surface area contributed by atoms with Gasteiger partial charge < -0.3 is 5.32 Å². The first kappa shape index (κ1) is 8.11. The van der Waals surface area contributed by atoms with Gasteiger partial charge in [-0.15, -0.1) is 0 Å². The van der Waals surface area contributed by atoms with Gasteiger partial charge in [-0.3, -0.25) is 4.79 Å². The fraction of sp³-hybridized carbons (Fsp3) is 0.250. The van der Waals surface area contributed by atoms with E-state index in [1.165, 1.54) is 8.93 Å². The Kier molecular flexibility index (Phi) is 5.32. The molecular weight excluding hydrogens is 237 g/mol. The summed E-state index contributed by atoms with van der Waals surface area (Å²) in [6, 6.07) is 0. The van der Waals surface area contributed by atoms with Crippen molar-refractivity contribution in [1.29, 1.82) is 0 Å². The lowest BCUT2D eigenvalue weighted by Gasteiger charge is -1.81. The number of carbonyl (C=O) groups is 1. The lowest BCUT2D eigenvalue weighted by molar-refractivity contribution is -0.115. The van der Waals surface area contributed by atoms with Crippen molar-refractivity contribution < 1.29 is 4.79 Å². The van der Waals surface area contributed by atoms with E-state index < -0.39 is 0 Å². The fourth-order valence-corrected chi connectivity index (χ4v) is 0.590. The summed E-state index contributed by atoms with van der Waals surface area (Å²) < 4.78 is 0. The normalized spacial score (nSPS) is 6.75. The number of nitrogens with one attached hydrogen (secondary N) is 1. The van der Waals surface area contributed by atoms with Crippen LogP contribution in [0.1, 0.15) is 0 Å². The zero-order chi connectivity index (χ0) is 6.41. The Hall–Kier alpha value is 0.110. The second-order valence-corrected chi connectivity index (χ2v) is 2.56. The maximum atomic E-state index is 10.3.